The fraction of sp³-hybridized carbons (Fsp3) is 0.462. The van der Waals surface area contributed by atoms with Gasteiger partial charge in [0.05, 0.1) is 38.0 Å². The van der Waals surface area contributed by atoms with Gasteiger partial charge in [-0.1, -0.05) is 0 Å². The molecule has 7 nitrogen and oxygen atoms in total. The standard InChI is InChI=1S/C13H15BrN2O5S/c1-19-11-6-13(12(20-2)5-10(11)14)22(17,18)16-3-4-21-8-9(16)7-15/h5-6,9H,3-4,8H2,1-2H3. The fourth-order valence-electron chi connectivity index (χ4n) is 2.14. The smallest absolute Gasteiger partial charge is 0.248 e. The number of rotatable bonds is 4. The molecule has 2 rings (SSSR count). The predicted molar refractivity (Wildman–Crippen MR) is 81.4 cm³/mol. The summed E-state index contributed by atoms with van der Waals surface area (Å²) in [5.74, 6) is 0.539. The van der Waals surface area contributed by atoms with Gasteiger partial charge in [-0.05, 0) is 22.0 Å². The van der Waals surface area contributed by atoms with Gasteiger partial charge in [0.2, 0.25) is 10.0 Å². The molecule has 0 saturated carbocycles. The van der Waals surface area contributed by atoms with E-state index >= 15 is 0 Å². The molecule has 1 saturated heterocycles. The average molecular weight is 391 g/mol. The van der Waals surface area contributed by atoms with Crippen molar-refractivity contribution in [2.45, 2.75) is 10.9 Å². The largest absolute Gasteiger partial charge is 0.496 e. The summed E-state index contributed by atoms with van der Waals surface area (Å²) >= 11 is 3.28. The number of hydrogen-bond acceptors (Lipinski definition) is 6. The van der Waals surface area contributed by atoms with E-state index in [1.807, 2.05) is 6.07 Å². The van der Waals surface area contributed by atoms with Crippen LogP contribution >= 0.6 is 15.9 Å². The summed E-state index contributed by atoms with van der Waals surface area (Å²) in [6.07, 6.45) is 0. The molecule has 1 aliphatic heterocycles. The van der Waals surface area contributed by atoms with Crippen LogP contribution in [0.3, 0.4) is 0 Å². The van der Waals surface area contributed by atoms with Gasteiger partial charge in [-0.15, -0.1) is 0 Å². The maximum absolute atomic E-state index is 12.9. The van der Waals surface area contributed by atoms with Crippen molar-refractivity contribution in [2.75, 3.05) is 34.0 Å². The molecule has 0 N–H and O–H groups in total. The predicted octanol–water partition coefficient (Wildman–Crippen LogP) is 1.38. The highest BCUT2D eigenvalue weighted by Gasteiger charge is 2.36. The van der Waals surface area contributed by atoms with Gasteiger partial charge in [-0.25, -0.2) is 8.42 Å². The van der Waals surface area contributed by atoms with E-state index in [1.165, 1.54) is 26.4 Å². The molecule has 0 amide bonds. The van der Waals surface area contributed by atoms with E-state index in [0.29, 0.717) is 10.2 Å². The van der Waals surface area contributed by atoms with Crippen molar-refractivity contribution >= 4 is 26.0 Å². The zero-order valence-corrected chi connectivity index (χ0v) is 14.5. The first kappa shape index (κ1) is 17.0. The van der Waals surface area contributed by atoms with Crippen molar-refractivity contribution < 1.29 is 22.6 Å². The Bertz CT molecular complexity index is 701. The van der Waals surface area contributed by atoms with E-state index in [1.54, 1.807) is 0 Å². The molecular formula is C13H15BrN2O5S. The SMILES string of the molecule is COc1cc(S(=O)(=O)N2CCOCC2C#N)c(OC)cc1Br. The summed E-state index contributed by atoms with van der Waals surface area (Å²) in [4.78, 5) is -0.0443. The third kappa shape index (κ3) is 3.05. The van der Waals surface area contributed by atoms with E-state index < -0.39 is 16.1 Å². The highest BCUT2D eigenvalue weighted by molar-refractivity contribution is 9.10. The van der Waals surface area contributed by atoms with E-state index in [9.17, 15) is 8.42 Å². The Labute approximate surface area is 137 Å². The average Bonchev–Trinajstić information content (AvgIpc) is 2.54. The molecule has 22 heavy (non-hydrogen) atoms. The highest BCUT2D eigenvalue weighted by Crippen LogP contribution is 2.37. The lowest BCUT2D eigenvalue weighted by molar-refractivity contribution is 0.0511. The van der Waals surface area contributed by atoms with Gasteiger partial charge in [0.15, 0.2) is 0 Å². The number of halogens is 1. The molecule has 9 heteroatoms. The normalized spacial score (nSPS) is 19.5. The maximum atomic E-state index is 12.9. The van der Waals surface area contributed by atoms with E-state index in [2.05, 4.69) is 15.9 Å². The second-order valence-electron chi connectivity index (χ2n) is 4.47. The minimum absolute atomic E-state index is 0.0443. The lowest BCUT2D eigenvalue weighted by atomic mass is 10.3. The number of nitriles is 1. The van der Waals surface area contributed by atoms with Gasteiger partial charge in [0.25, 0.3) is 0 Å². The van der Waals surface area contributed by atoms with Crippen LogP contribution in [0.5, 0.6) is 11.5 Å². The monoisotopic (exact) mass is 390 g/mol. The zero-order chi connectivity index (χ0) is 16.3. The number of sulfonamides is 1. The molecule has 1 aliphatic rings. The van der Waals surface area contributed by atoms with E-state index in [4.69, 9.17) is 19.5 Å². The van der Waals surface area contributed by atoms with Gasteiger partial charge in [0, 0.05) is 12.6 Å². The van der Waals surface area contributed by atoms with Gasteiger partial charge >= 0.3 is 0 Å². The fourth-order valence-corrected chi connectivity index (χ4v) is 4.29. The van der Waals surface area contributed by atoms with Crippen LogP contribution < -0.4 is 9.47 Å². The van der Waals surface area contributed by atoms with Crippen LogP contribution in [0, 0.1) is 11.3 Å². The van der Waals surface area contributed by atoms with Crippen LogP contribution in [0.1, 0.15) is 0 Å². The summed E-state index contributed by atoms with van der Waals surface area (Å²) < 4.78 is 42.9. The quantitative estimate of drug-likeness (QED) is 0.771. The van der Waals surface area contributed by atoms with Crippen LogP contribution in [0.4, 0.5) is 0 Å². The van der Waals surface area contributed by atoms with E-state index in [-0.39, 0.29) is 30.4 Å². The van der Waals surface area contributed by atoms with Crippen LogP contribution in [-0.4, -0.2) is 52.7 Å². The van der Waals surface area contributed by atoms with Crippen molar-refractivity contribution in [2.24, 2.45) is 0 Å². The van der Waals surface area contributed by atoms with Crippen molar-refractivity contribution in [1.82, 2.24) is 4.31 Å². The zero-order valence-electron chi connectivity index (χ0n) is 12.1. The Hall–Kier alpha value is -1.34. The second kappa shape index (κ2) is 6.83. The number of morpholine rings is 1. The molecule has 1 heterocycles. The summed E-state index contributed by atoms with van der Waals surface area (Å²) in [5.41, 5.74) is 0. The van der Waals surface area contributed by atoms with Gasteiger partial charge in [-0.2, -0.15) is 9.57 Å². The van der Waals surface area contributed by atoms with Crippen molar-refractivity contribution in [3.63, 3.8) is 0 Å². The maximum Gasteiger partial charge on any atom is 0.248 e. The van der Waals surface area contributed by atoms with Crippen LogP contribution in [-0.2, 0) is 14.8 Å². The van der Waals surface area contributed by atoms with Gasteiger partial charge in [-0.3, -0.25) is 0 Å². The summed E-state index contributed by atoms with van der Waals surface area (Å²) in [6.45, 7) is 0.404. The first-order valence-corrected chi connectivity index (χ1v) is 8.59. The highest BCUT2D eigenvalue weighted by atomic mass is 79.9. The van der Waals surface area contributed by atoms with Crippen molar-refractivity contribution in [3.8, 4) is 17.6 Å². The van der Waals surface area contributed by atoms with Gasteiger partial charge in [0.1, 0.15) is 22.4 Å². The van der Waals surface area contributed by atoms with Crippen LogP contribution in [0.2, 0.25) is 0 Å². The molecular weight excluding hydrogens is 376 g/mol. The lowest BCUT2D eigenvalue weighted by Crippen LogP contribution is -2.47. The third-order valence-corrected chi connectivity index (χ3v) is 5.80. The first-order chi connectivity index (χ1) is 10.5. The summed E-state index contributed by atoms with van der Waals surface area (Å²) in [7, 11) is -1.09. The Morgan fingerprint density at radius 3 is 2.64 bits per heavy atom. The molecule has 0 aromatic heterocycles. The minimum Gasteiger partial charge on any atom is -0.496 e. The number of ether oxygens (including phenoxy) is 3. The number of nitrogens with zero attached hydrogens (tertiary/aromatic N) is 2. The molecule has 1 fully saturated rings. The Kier molecular flexibility index (Phi) is 5.28. The summed E-state index contributed by atoms with van der Waals surface area (Å²) in [6, 6.07) is 3.98. The van der Waals surface area contributed by atoms with Crippen LogP contribution in [0.25, 0.3) is 0 Å². The molecule has 120 valence electrons. The van der Waals surface area contributed by atoms with Crippen LogP contribution in [0.15, 0.2) is 21.5 Å². The Morgan fingerprint density at radius 1 is 1.36 bits per heavy atom. The van der Waals surface area contributed by atoms with Crippen molar-refractivity contribution in [1.29, 1.82) is 5.26 Å². The second-order valence-corrected chi connectivity index (χ2v) is 7.19. The van der Waals surface area contributed by atoms with Crippen molar-refractivity contribution in [3.05, 3.63) is 16.6 Å². The number of hydrogen-bond donors (Lipinski definition) is 0. The van der Waals surface area contributed by atoms with E-state index in [0.717, 1.165) is 4.31 Å². The molecule has 0 radical (unpaired) electrons. The minimum atomic E-state index is -3.91. The first-order valence-electron chi connectivity index (χ1n) is 6.36. The summed E-state index contributed by atoms with van der Waals surface area (Å²) in [5, 5.41) is 9.14. The molecule has 0 aliphatic carbocycles. The number of methoxy groups -OCH3 is 2. The molecule has 1 unspecified atom stereocenters. The number of benzene rings is 1. The molecule has 0 bridgehead atoms. The third-order valence-electron chi connectivity index (χ3n) is 3.25. The molecule has 0 spiro atoms. The molecule has 1 atom stereocenters. The lowest BCUT2D eigenvalue weighted by Gasteiger charge is -2.30. The topological polar surface area (TPSA) is 88.9 Å². The Balaban J connectivity index is 2.55. The Morgan fingerprint density at radius 2 is 2.05 bits per heavy atom. The molecule has 1 aromatic rings. The van der Waals surface area contributed by atoms with Gasteiger partial charge < -0.3 is 14.2 Å². The molecule has 1 aromatic carbocycles.